The number of benzene rings is 1. The zero-order valence-corrected chi connectivity index (χ0v) is 15.6. The number of carbonyl (C=O) groups excluding carboxylic acids is 3. The molecule has 1 saturated heterocycles. The standard InChI is InChI=1S/C20H18N6O3/c1-20(14-6-3-2-4-7-14)18(28)25(19(29)24-20)13-17(27)23-15-8-9-16(21-12-15)26-11-5-10-22-26/h2-12H,13H2,1H3,(H,23,27)(H,24,29). The van der Waals surface area contributed by atoms with Gasteiger partial charge in [-0.25, -0.2) is 14.5 Å². The molecule has 1 unspecified atom stereocenters. The van der Waals surface area contributed by atoms with Crippen LogP contribution in [0, 0.1) is 0 Å². The van der Waals surface area contributed by atoms with E-state index in [9.17, 15) is 14.4 Å². The summed E-state index contributed by atoms with van der Waals surface area (Å²) in [6.45, 7) is 1.23. The van der Waals surface area contributed by atoms with Crippen LogP contribution in [0.3, 0.4) is 0 Å². The lowest BCUT2D eigenvalue weighted by molar-refractivity contribution is -0.133. The molecule has 9 heteroatoms. The van der Waals surface area contributed by atoms with E-state index in [0.29, 0.717) is 17.1 Å². The molecule has 2 aromatic heterocycles. The lowest BCUT2D eigenvalue weighted by atomic mass is 9.92. The fourth-order valence-corrected chi connectivity index (χ4v) is 3.15. The number of urea groups is 1. The molecule has 1 fully saturated rings. The van der Waals surface area contributed by atoms with E-state index in [1.54, 1.807) is 66.5 Å². The summed E-state index contributed by atoms with van der Waals surface area (Å²) in [5.41, 5.74) is -0.102. The van der Waals surface area contributed by atoms with Gasteiger partial charge in [0.15, 0.2) is 5.82 Å². The van der Waals surface area contributed by atoms with E-state index in [1.165, 1.54) is 6.20 Å². The molecular weight excluding hydrogens is 372 g/mol. The van der Waals surface area contributed by atoms with Crippen molar-refractivity contribution in [3.63, 3.8) is 0 Å². The van der Waals surface area contributed by atoms with Gasteiger partial charge in [0.2, 0.25) is 5.91 Å². The van der Waals surface area contributed by atoms with Gasteiger partial charge in [0, 0.05) is 12.4 Å². The number of amides is 4. The van der Waals surface area contributed by atoms with Crippen LogP contribution in [-0.2, 0) is 15.1 Å². The minimum absolute atomic E-state index is 0.395. The maximum atomic E-state index is 12.8. The van der Waals surface area contributed by atoms with Crippen LogP contribution in [0.2, 0.25) is 0 Å². The Balaban J connectivity index is 1.43. The third kappa shape index (κ3) is 3.45. The summed E-state index contributed by atoms with van der Waals surface area (Å²) in [6.07, 6.45) is 4.87. The molecule has 3 heterocycles. The smallest absolute Gasteiger partial charge is 0.323 e. The van der Waals surface area contributed by atoms with Gasteiger partial charge < -0.3 is 10.6 Å². The molecule has 1 aliphatic heterocycles. The summed E-state index contributed by atoms with van der Waals surface area (Å²) in [5, 5.41) is 9.40. The fourth-order valence-electron chi connectivity index (χ4n) is 3.15. The average molecular weight is 390 g/mol. The Morgan fingerprint density at radius 1 is 1.14 bits per heavy atom. The van der Waals surface area contributed by atoms with Crippen LogP contribution in [0.25, 0.3) is 5.82 Å². The number of imide groups is 1. The van der Waals surface area contributed by atoms with Crippen LogP contribution < -0.4 is 10.6 Å². The minimum atomic E-state index is -1.20. The Bertz CT molecular complexity index is 1050. The third-order valence-corrected chi connectivity index (χ3v) is 4.70. The van der Waals surface area contributed by atoms with Gasteiger partial charge in [0.05, 0.1) is 11.9 Å². The number of nitrogens with one attached hydrogen (secondary N) is 2. The van der Waals surface area contributed by atoms with Gasteiger partial charge in [0.25, 0.3) is 5.91 Å². The van der Waals surface area contributed by atoms with Crippen LogP contribution in [0.4, 0.5) is 10.5 Å². The number of anilines is 1. The Hall–Kier alpha value is -4.01. The van der Waals surface area contributed by atoms with Crippen molar-refractivity contribution >= 4 is 23.5 Å². The van der Waals surface area contributed by atoms with Crippen molar-refractivity contribution in [2.45, 2.75) is 12.5 Å². The van der Waals surface area contributed by atoms with Gasteiger partial charge in [-0.05, 0) is 30.7 Å². The molecule has 146 valence electrons. The van der Waals surface area contributed by atoms with Crippen molar-refractivity contribution in [3.05, 3.63) is 72.7 Å². The van der Waals surface area contributed by atoms with Crippen molar-refractivity contribution in [2.75, 3.05) is 11.9 Å². The molecule has 1 aromatic carbocycles. The zero-order valence-electron chi connectivity index (χ0n) is 15.6. The van der Waals surface area contributed by atoms with Crippen LogP contribution in [-0.4, -0.2) is 44.1 Å². The Labute approximate surface area is 166 Å². The Kier molecular flexibility index (Phi) is 4.55. The zero-order chi connectivity index (χ0) is 20.4. The molecule has 0 spiro atoms. The van der Waals surface area contributed by atoms with Gasteiger partial charge in [-0.15, -0.1) is 0 Å². The second-order valence-corrected chi connectivity index (χ2v) is 6.72. The summed E-state index contributed by atoms with van der Waals surface area (Å²) < 4.78 is 1.59. The number of pyridine rings is 1. The monoisotopic (exact) mass is 390 g/mol. The fraction of sp³-hybridized carbons (Fsp3) is 0.150. The number of aromatic nitrogens is 3. The van der Waals surface area contributed by atoms with E-state index in [-0.39, 0.29) is 0 Å². The minimum Gasteiger partial charge on any atom is -0.323 e. The maximum absolute atomic E-state index is 12.8. The lowest BCUT2D eigenvalue weighted by Crippen LogP contribution is -2.42. The first-order valence-corrected chi connectivity index (χ1v) is 8.93. The molecule has 0 bridgehead atoms. The lowest BCUT2D eigenvalue weighted by Gasteiger charge is -2.22. The second-order valence-electron chi connectivity index (χ2n) is 6.72. The topological polar surface area (TPSA) is 109 Å². The molecule has 29 heavy (non-hydrogen) atoms. The molecule has 2 N–H and O–H groups in total. The predicted molar refractivity (Wildman–Crippen MR) is 104 cm³/mol. The molecule has 3 aromatic rings. The van der Waals surface area contributed by atoms with Crippen LogP contribution in [0.15, 0.2) is 67.1 Å². The quantitative estimate of drug-likeness (QED) is 0.644. The van der Waals surface area contributed by atoms with E-state index in [0.717, 1.165) is 4.90 Å². The van der Waals surface area contributed by atoms with E-state index in [1.807, 2.05) is 6.07 Å². The Morgan fingerprint density at radius 3 is 2.59 bits per heavy atom. The summed E-state index contributed by atoms with van der Waals surface area (Å²) in [6, 6.07) is 13.4. The number of nitrogens with zero attached hydrogens (tertiary/aromatic N) is 4. The highest BCUT2D eigenvalue weighted by Crippen LogP contribution is 2.28. The summed E-state index contributed by atoms with van der Waals surface area (Å²) in [5.74, 6) is -0.379. The van der Waals surface area contributed by atoms with Crippen molar-refractivity contribution < 1.29 is 14.4 Å². The summed E-state index contributed by atoms with van der Waals surface area (Å²) >= 11 is 0. The molecule has 4 rings (SSSR count). The van der Waals surface area contributed by atoms with Gasteiger partial charge in [-0.2, -0.15) is 5.10 Å². The summed E-state index contributed by atoms with van der Waals surface area (Å²) in [7, 11) is 0. The first kappa shape index (κ1) is 18.4. The average Bonchev–Trinajstić information content (AvgIpc) is 3.33. The molecule has 4 amide bonds. The van der Waals surface area contributed by atoms with Crippen LogP contribution >= 0.6 is 0 Å². The molecule has 9 nitrogen and oxygen atoms in total. The van der Waals surface area contributed by atoms with Gasteiger partial charge in [-0.1, -0.05) is 30.3 Å². The van der Waals surface area contributed by atoms with Crippen molar-refractivity contribution in [2.24, 2.45) is 0 Å². The summed E-state index contributed by atoms with van der Waals surface area (Å²) in [4.78, 5) is 42.7. The van der Waals surface area contributed by atoms with Crippen LogP contribution in [0.5, 0.6) is 0 Å². The highest BCUT2D eigenvalue weighted by molar-refractivity contribution is 6.10. The first-order valence-electron chi connectivity index (χ1n) is 8.93. The van der Waals surface area contributed by atoms with Gasteiger partial charge in [0.1, 0.15) is 12.1 Å². The largest absolute Gasteiger partial charge is 0.325 e. The molecule has 0 saturated carbocycles. The molecular formula is C20H18N6O3. The second kappa shape index (κ2) is 7.19. The molecule has 1 atom stereocenters. The van der Waals surface area contributed by atoms with E-state index < -0.39 is 29.9 Å². The molecule has 0 radical (unpaired) electrons. The molecule has 0 aliphatic carbocycles. The van der Waals surface area contributed by atoms with Crippen LogP contribution in [0.1, 0.15) is 12.5 Å². The molecule has 1 aliphatic rings. The Morgan fingerprint density at radius 2 is 1.93 bits per heavy atom. The highest BCUT2D eigenvalue weighted by Gasteiger charge is 2.49. The van der Waals surface area contributed by atoms with Crippen molar-refractivity contribution in [1.82, 2.24) is 25.0 Å². The van der Waals surface area contributed by atoms with Gasteiger partial charge in [-0.3, -0.25) is 14.5 Å². The number of hydrogen-bond donors (Lipinski definition) is 2. The van der Waals surface area contributed by atoms with Gasteiger partial charge >= 0.3 is 6.03 Å². The highest BCUT2D eigenvalue weighted by atomic mass is 16.2. The predicted octanol–water partition coefficient (Wildman–Crippen LogP) is 1.67. The van der Waals surface area contributed by atoms with E-state index >= 15 is 0 Å². The SMILES string of the molecule is CC1(c2ccccc2)NC(=O)N(CC(=O)Nc2ccc(-n3cccn3)nc2)C1=O. The van der Waals surface area contributed by atoms with Crippen molar-refractivity contribution in [1.29, 1.82) is 0 Å². The maximum Gasteiger partial charge on any atom is 0.325 e. The first-order chi connectivity index (χ1) is 14.0. The number of hydrogen-bond acceptors (Lipinski definition) is 5. The van der Waals surface area contributed by atoms with E-state index in [2.05, 4.69) is 20.7 Å². The number of carbonyl (C=O) groups is 3. The normalized spacial score (nSPS) is 18.6. The van der Waals surface area contributed by atoms with Crippen molar-refractivity contribution in [3.8, 4) is 5.82 Å². The van der Waals surface area contributed by atoms with E-state index in [4.69, 9.17) is 0 Å². The third-order valence-electron chi connectivity index (χ3n) is 4.70. The number of rotatable bonds is 5.